The highest BCUT2D eigenvalue weighted by atomic mass is 16.5. The Labute approximate surface area is 144 Å². The average Bonchev–Trinajstić information content (AvgIpc) is 3.23. The molecule has 4 nitrogen and oxygen atoms in total. The molecule has 2 saturated carbocycles. The third-order valence-corrected chi connectivity index (χ3v) is 5.93. The smallest absolute Gasteiger partial charge is 0.220 e. The summed E-state index contributed by atoms with van der Waals surface area (Å²) in [6.07, 6.45) is 6.58. The van der Waals surface area contributed by atoms with Gasteiger partial charge in [0.2, 0.25) is 5.91 Å². The van der Waals surface area contributed by atoms with E-state index in [1.165, 1.54) is 25.7 Å². The molecule has 1 aromatic rings. The van der Waals surface area contributed by atoms with Gasteiger partial charge in [-0.05, 0) is 74.1 Å². The van der Waals surface area contributed by atoms with Crippen LogP contribution in [0, 0.1) is 17.8 Å². The Bertz CT molecular complexity index is 586. The molecule has 2 aliphatic rings. The van der Waals surface area contributed by atoms with Crippen molar-refractivity contribution < 1.29 is 14.3 Å². The zero-order valence-electron chi connectivity index (χ0n) is 15.0. The van der Waals surface area contributed by atoms with Crippen LogP contribution in [0.3, 0.4) is 0 Å². The summed E-state index contributed by atoms with van der Waals surface area (Å²) >= 11 is 0. The minimum absolute atomic E-state index is 0.134. The number of methoxy groups -OCH3 is 2. The molecule has 0 heterocycles. The van der Waals surface area contributed by atoms with Gasteiger partial charge in [-0.3, -0.25) is 4.79 Å². The molecule has 132 valence electrons. The van der Waals surface area contributed by atoms with Crippen LogP contribution in [0.25, 0.3) is 0 Å². The quantitative estimate of drug-likeness (QED) is 0.831. The number of rotatable bonds is 7. The molecule has 4 heteroatoms. The molecule has 4 atom stereocenters. The van der Waals surface area contributed by atoms with E-state index in [1.807, 2.05) is 18.2 Å². The Morgan fingerprint density at radius 1 is 1.25 bits per heavy atom. The first-order chi connectivity index (χ1) is 11.6. The molecule has 0 aliphatic heterocycles. The second-order valence-corrected chi connectivity index (χ2v) is 7.37. The second-order valence-electron chi connectivity index (χ2n) is 7.37. The summed E-state index contributed by atoms with van der Waals surface area (Å²) < 4.78 is 10.7. The lowest BCUT2D eigenvalue weighted by Crippen LogP contribution is -2.40. The van der Waals surface area contributed by atoms with Gasteiger partial charge in [-0.25, -0.2) is 0 Å². The number of aryl methyl sites for hydroxylation is 1. The van der Waals surface area contributed by atoms with Crippen molar-refractivity contribution in [2.24, 2.45) is 17.8 Å². The highest BCUT2D eigenvalue weighted by Gasteiger charge is 2.42. The standard InChI is InChI=1S/C20H29NO3/c1-13(18-11-14-4-5-15(18)10-14)21-20(22)9-6-16-12-17(23-2)7-8-19(16)24-3/h7-8,12-15,18H,4-6,9-11H2,1-3H3,(H,21,22). The van der Waals surface area contributed by atoms with Crippen LogP contribution < -0.4 is 14.8 Å². The Morgan fingerprint density at radius 3 is 2.71 bits per heavy atom. The van der Waals surface area contributed by atoms with E-state index < -0.39 is 0 Å². The van der Waals surface area contributed by atoms with Gasteiger partial charge in [-0.1, -0.05) is 6.42 Å². The summed E-state index contributed by atoms with van der Waals surface area (Å²) in [5.41, 5.74) is 1.01. The number of fused-ring (bicyclic) bond motifs is 2. The molecule has 0 spiro atoms. The third-order valence-electron chi connectivity index (χ3n) is 5.93. The van der Waals surface area contributed by atoms with E-state index in [9.17, 15) is 4.79 Å². The van der Waals surface area contributed by atoms with E-state index in [0.29, 0.717) is 24.8 Å². The lowest BCUT2D eigenvalue weighted by molar-refractivity contribution is -0.122. The number of ether oxygens (including phenoxy) is 2. The van der Waals surface area contributed by atoms with E-state index in [1.54, 1.807) is 14.2 Å². The highest BCUT2D eigenvalue weighted by Crippen LogP contribution is 2.49. The van der Waals surface area contributed by atoms with E-state index in [0.717, 1.165) is 28.9 Å². The molecule has 24 heavy (non-hydrogen) atoms. The Morgan fingerprint density at radius 2 is 2.08 bits per heavy atom. The number of benzene rings is 1. The van der Waals surface area contributed by atoms with Crippen LogP contribution in [0.1, 0.15) is 44.6 Å². The van der Waals surface area contributed by atoms with Crippen molar-refractivity contribution in [3.05, 3.63) is 23.8 Å². The number of hydrogen-bond donors (Lipinski definition) is 1. The van der Waals surface area contributed by atoms with Crippen molar-refractivity contribution in [2.45, 2.75) is 51.5 Å². The molecule has 1 N–H and O–H groups in total. The van der Waals surface area contributed by atoms with Crippen molar-refractivity contribution >= 4 is 5.91 Å². The van der Waals surface area contributed by atoms with Crippen LogP contribution >= 0.6 is 0 Å². The summed E-state index contributed by atoms with van der Waals surface area (Å²) in [5, 5.41) is 3.23. The summed E-state index contributed by atoms with van der Waals surface area (Å²) in [5.74, 6) is 4.17. The SMILES string of the molecule is COc1ccc(OC)c(CCC(=O)NC(C)C2CC3CCC2C3)c1. The summed E-state index contributed by atoms with van der Waals surface area (Å²) in [7, 11) is 3.30. The molecule has 3 rings (SSSR count). The van der Waals surface area contributed by atoms with Gasteiger partial charge in [0.05, 0.1) is 14.2 Å². The zero-order chi connectivity index (χ0) is 17.1. The average molecular weight is 331 g/mol. The van der Waals surface area contributed by atoms with Crippen LogP contribution in [0.15, 0.2) is 18.2 Å². The van der Waals surface area contributed by atoms with Crippen molar-refractivity contribution in [2.75, 3.05) is 14.2 Å². The molecule has 0 saturated heterocycles. The van der Waals surface area contributed by atoms with Gasteiger partial charge in [0.1, 0.15) is 11.5 Å². The molecule has 1 aromatic carbocycles. The van der Waals surface area contributed by atoms with Crippen LogP contribution in [0.5, 0.6) is 11.5 Å². The number of carbonyl (C=O) groups excluding carboxylic acids is 1. The normalized spacial score (nSPS) is 26.2. The number of nitrogens with one attached hydrogen (secondary N) is 1. The highest BCUT2D eigenvalue weighted by molar-refractivity contribution is 5.76. The Kier molecular flexibility index (Phi) is 5.32. The van der Waals surface area contributed by atoms with Crippen molar-refractivity contribution in [3.8, 4) is 11.5 Å². The lowest BCUT2D eigenvalue weighted by atomic mass is 9.84. The van der Waals surface area contributed by atoms with Crippen LogP contribution in [0.4, 0.5) is 0 Å². The Balaban J connectivity index is 1.52. The summed E-state index contributed by atoms with van der Waals surface area (Å²) in [6, 6.07) is 6.01. The molecule has 1 amide bonds. The van der Waals surface area contributed by atoms with Crippen LogP contribution in [0.2, 0.25) is 0 Å². The number of amides is 1. The molecule has 4 unspecified atom stereocenters. The molecular weight excluding hydrogens is 302 g/mol. The first kappa shape index (κ1) is 17.1. The van der Waals surface area contributed by atoms with Gasteiger partial charge in [-0.2, -0.15) is 0 Å². The van der Waals surface area contributed by atoms with Gasteiger partial charge in [0, 0.05) is 12.5 Å². The van der Waals surface area contributed by atoms with Gasteiger partial charge < -0.3 is 14.8 Å². The third kappa shape index (κ3) is 3.68. The molecule has 0 aromatic heterocycles. The van der Waals surface area contributed by atoms with E-state index in [4.69, 9.17) is 9.47 Å². The molecule has 2 fully saturated rings. The Hall–Kier alpha value is -1.71. The minimum Gasteiger partial charge on any atom is -0.497 e. The molecular formula is C20H29NO3. The fourth-order valence-electron chi connectivity index (χ4n) is 4.66. The van der Waals surface area contributed by atoms with Gasteiger partial charge >= 0.3 is 0 Å². The maximum atomic E-state index is 12.4. The molecule has 0 radical (unpaired) electrons. The largest absolute Gasteiger partial charge is 0.497 e. The van der Waals surface area contributed by atoms with Crippen molar-refractivity contribution in [3.63, 3.8) is 0 Å². The maximum absolute atomic E-state index is 12.4. The minimum atomic E-state index is 0.134. The maximum Gasteiger partial charge on any atom is 0.220 e. The van der Waals surface area contributed by atoms with E-state index >= 15 is 0 Å². The number of hydrogen-bond acceptors (Lipinski definition) is 3. The fraction of sp³-hybridized carbons (Fsp3) is 0.650. The summed E-state index contributed by atoms with van der Waals surface area (Å²) in [4.78, 5) is 12.4. The second kappa shape index (κ2) is 7.45. The topological polar surface area (TPSA) is 47.6 Å². The van der Waals surface area contributed by atoms with E-state index in [-0.39, 0.29) is 5.91 Å². The summed E-state index contributed by atoms with van der Waals surface area (Å²) in [6.45, 7) is 2.18. The zero-order valence-corrected chi connectivity index (χ0v) is 15.0. The van der Waals surface area contributed by atoms with Crippen LogP contribution in [-0.2, 0) is 11.2 Å². The van der Waals surface area contributed by atoms with Gasteiger partial charge in [-0.15, -0.1) is 0 Å². The fourth-order valence-corrected chi connectivity index (χ4v) is 4.66. The lowest BCUT2D eigenvalue weighted by Gasteiger charge is -2.28. The first-order valence-corrected chi connectivity index (χ1v) is 9.11. The predicted molar refractivity (Wildman–Crippen MR) is 94.4 cm³/mol. The van der Waals surface area contributed by atoms with Crippen LogP contribution in [-0.4, -0.2) is 26.2 Å². The van der Waals surface area contributed by atoms with Gasteiger partial charge in [0.25, 0.3) is 0 Å². The molecule has 2 aliphatic carbocycles. The van der Waals surface area contributed by atoms with Crippen molar-refractivity contribution in [1.82, 2.24) is 5.32 Å². The molecule has 2 bridgehead atoms. The van der Waals surface area contributed by atoms with E-state index in [2.05, 4.69) is 12.2 Å². The van der Waals surface area contributed by atoms with Gasteiger partial charge in [0.15, 0.2) is 0 Å². The van der Waals surface area contributed by atoms with Crippen molar-refractivity contribution in [1.29, 1.82) is 0 Å². The monoisotopic (exact) mass is 331 g/mol. The number of carbonyl (C=O) groups is 1. The predicted octanol–water partition coefficient (Wildman–Crippen LogP) is 3.58. The first-order valence-electron chi connectivity index (χ1n) is 9.11.